The fraction of sp³-hybridized carbons (Fsp3) is 0.286. The number of hydrogen-bond donors (Lipinski definition) is 3. The number of carboxylic acid groups (broad SMARTS) is 1. The molecule has 8 nitrogen and oxygen atoms in total. The third-order valence-corrected chi connectivity index (χ3v) is 4.20. The standard InChI is InChI=1S/C21H23N3O5/c1-3-15-18(21(26)27)20(19-16(23-15)9-10-17(24-19)28-4-2)22-13-5-7-14(8-6-13)29-12-11-25/h5-10,25H,3-4,11-12H2,1-2H3,(H,22,23)(H,26,27). The Labute approximate surface area is 168 Å². The number of carbonyl (C=O) groups is 1. The van der Waals surface area contributed by atoms with E-state index in [2.05, 4.69) is 15.3 Å². The number of pyridine rings is 2. The molecule has 29 heavy (non-hydrogen) atoms. The number of aliphatic hydroxyl groups excluding tert-OH is 1. The van der Waals surface area contributed by atoms with Gasteiger partial charge in [0.25, 0.3) is 0 Å². The predicted molar refractivity (Wildman–Crippen MR) is 109 cm³/mol. The summed E-state index contributed by atoms with van der Waals surface area (Å²) in [4.78, 5) is 21.0. The maximum Gasteiger partial charge on any atom is 0.339 e. The second-order valence-corrected chi connectivity index (χ2v) is 6.14. The van der Waals surface area contributed by atoms with Crippen LogP contribution in [0.5, 0.6) is 11.6 Å². The Kier molecular flexibility index (Phi) is 6.46. The monoisotopic (exact) mass is 397 g/mol. The van der Waals surface area contributed by atoms with Gasteiger partial charge in [-0.1, -0.05) is 6.92 Å². The number of ether oxygens (including phenoxy) is 2. The number of carboxylic acids is 1. The first-order chi connectivity index (χ1) is 14.1. The average Bonchev–Trinajstić information content (AvgIpc) is 2.73. The largest absolute Gasteiger partial charge is 0.491 e. The fourth-order valence-corrected chi connectivity index (χ4v) is 2.95. The van der Waals surface area contributed by atoms with Crippen molar-refractivity contribution < 1.29 is 24.5 Å². The minimum Gasteiger partial charge on any atom is -0.491 e. The summed E-state index contributed by atoms with van der Waals surface area (Å²) in [6, 6.07) is 10.5. The summed E-state index contributed by atoms with van der Waals surface area (Å²) >= 11 is 0. The second-order valence-electron chi connectivity index (χ2n) is 6.14. The van der Waals surface area contributed by atoms with Crippen LogP contribution in [0, 0.1) is 0 Å². The van der Waals surface area contributed by atoms with E-state index in [9.17, 15) is 9.90 Å². The molecule has 1 aromatic carbocycles. The number of aromatic carboxylic acids is 1. The summed E-state index contributed by atoms with van der Waals surface area (Å²) in [6.45, 7) is 4.29. The highest BCUT2D eigenvalue weighted by Gasteiger charge is 2.21. The van der Waals surface area contributed by atoms with Crippen molar-refractivity contribution in [3.05, 3.63) is 47.7 Å². The zero-order chi connectivity index (χ0) is 20.8. The van der Waals surface area contributed by atoms with Crippen molar-refractivity contribution in [3.8, 4) is 11.6 Å². The van der Waals surface area contributed by atoms with Gasteiger partial charge in [0.05, 0.1) is 30.1 Å². The molecule has 2 heterocycles. The van der Waals surface area contributed by atoms with E-state index in [1.807, 2.05) is 13.8 Å². The predicted octanol–water partition coefficient (Wildman–Crippen LogP) is 3.40. The second kappa shape index (κ2) is 9.20. The van der Waals surface area contributed by atoms with E-state index in [0.717, 1.165) is 0 Å². The maximum absolute atomic E-state index is 12.0. The topological polar surface area (TPSA) is 114 Å². The minimum absolute atomic E-state index is 0.0708. The Balaban J connectivity index is 2.10. The van der Waals surface area contributed by atoms with Crippen LogP contribution in [0.2, 0.25) is 0 Å². The smallest absolute Gasteiger partial charge is 0.339 e. The summed E-state index contributed by atoms with van der Waals surface area (Å²) in [5.41, 5.74) is 2.60. The molecule has 0 amide bonds. The van der Waals surface area contributed by atoms with Crippen LogP contribution in [-0.4, -0.2) is 46.0 Å². The zero-order valence-electron chi connectivity index (χ0n) is 16.3. The molecule has 3 aromatic rings. The molecule has 3 N–H and O–H groups in total. The van der Waals surface area contributed by atoms with Crippen molar-refractivity contribution >= 4 is 28.4 Å². The Morgan fingerprint density at radius 2 is 1.83 bits per heavy atom. The molecule has 0 aliphatic carbocycles. The number of benzene rings is 1. The molecule has 0 saturated heterocycles. The Morgan fingerprint density at radius 3 is 2.45 bits per heavy atom. The van der Waals surface area contributed by atoms with Gasteiger partial charge in [-0.05, 0) is 43.7 Å². The SMILES string of the molecule is CCOc1ccc2nc(CC)c(C(=O)O)c(Nc3ccc(OCCO)cc3)c2n1. The summed E-state index contributed by atoms with van der Waals surface area (Å²) in [5, 5.41) is 21.9. The van der Waals surface area contributed by atoms with Crippen LogP contribution >= 0.6 is 0 Å². The highest BCUT2D eigenvalue weighted by Crippen LogP contribution is 2.32. The van der Waals surface area contributed by atoms with E-state index in [4.69, 9.17) is 14.6 Å². The van der Waals surface area contributed by atoms with Gasteiger partial charge in [-0.15, -0.1) is 0 Å². The molecule has 152 valence electrons. The van der Waals surface area contributed by atoms with Crippen LogP contribution in [-0.2, 0) is 6.42 Å². The molecule has 8 heteroatoms. The molecule has 3 rings (SSSR count). The Bertz CT molecular complexity index is 1010. The van der Waals surface area contributed by atoms with Crippen LogP contribution < -0.4 is 14.8 Å². The number of aromatic nitrogens is 2. The Morgan fingerprint density at radius 1 is 1.07 bits per heavy atom. The summed E-state index contributed by atoms with van der Waals surface area (Å²) in [6.07, 6.45) is 0.466. The van der Waals surface area contributed by atoms with Gasteiger partial charge in [0.15, 0.2) is 0 Å². The van der Waals surface area contributed by atoms with Gasteiger partial charge in [0.1, 0.15) is 23.4 Å². The molecule has 0 saturated carbocycles. The molecule has 0 unspecified atom stereocenters. The van der Waals surface area contributed by atoms with E-state index < -0.39 is 5.97 Å². The molecule has 0 fully saturated rings. The van der Waals surface area contributed by atoms with E-state index in [0.29, 0.717) is 52.8 Å². The molecule has 0 bridgehead atoms. The number of hydrogen-bond acceptors (Lipinski definition) is 7. The molecule has 0 aliphatic rings. The van der Waals surface area contributed by atoms with Crippen molar-refractivity contribution in [3.63, 3.8) is 0 Å². The van der Waals surface area contributed by atoms with E-state index in [1.54, 1.807) is 36.4 Å². The van der Waals surface area contributed by atoms with Crippen molar-refractivity contribution in [1.82, 2.24) is 9.97 Å². The van der Waals surface area contributed by atoms with Gasteiger partial charge < -0.3 is 25.0 Å². The summed E-state index contributed by atoms with van der Waals surface area (Å²) in [7, 11) is 0. The molecule has 2 aromatic heterocycles. The number of aliphatic hydroxyl groups is 1. The molecule has 0 radical (unpaired) electrons. The minimum atomic E-state index is -1.08. The number of rotatable bonds is 9. The van der Waals surface area contributed by atoms with Crippen molar-refractivity contribution in [2.24, 2.45) is 0 Å². The van der Waals surface area contributed by atoms with Crippen LogP contribution in [0.25, 0.3) is 11.0 Å². The lowest BCUT2D eigenvalue weighted by molar-refractivity contribution is 0.0696. The zero-order valence-corrected chi connectivity index (χ0v) is 16.3. The first-order valence-corrected chi connectivity index (χ1v) is 9.37. The van der Waals surface area contributed by atoms with Crippen LogP contribution in [0.3, 0.4) is 0 Å². The number of anilines is 2. The van der Waals surface area contributed by atoms with Crippen LogP contribution in [0.4, 0.5) is 11.4 Å². The van der Waals surface area contributed by atoms with Gasteiger partial charge >= 0.3 is 5.97 Å². The molecule has 0 spiro atoms. The summed E-state index contributed by atoms with van der Waals surface area (Å²) in [5.74, 6) is -0.0721. The van der Waals surface area contributed by atoms with Crippen LogP contribution in [0.1, 0.15) is 29.9 Å². The molecular formula is C21H23N3O5. The lowest BCUT2D eigenvalue weighted by Crippen LogP contribution is -2.11. The lowest BCUT2D eigenvalue weighted by atomic mass is 10.1. The normalized spacial score (nSPS) is 10.7. The van der Waals surface area contributed by atoms with Crippen molar-refractivity contribution in [1.29, 1.82) is 0 Å². The maximum atomic E-state index is 12.0. The van der Waals surface area contributed by atoms with Gasteiger partial charge in [-0.2, -0.15) is 0 Å². The highest BCUT2D eigenvalue weighted by atomic mass is 16.5. The number of fused-ring (bicyclic) bond motifs is 1. The quantitative estimate of drug-likeness (QED) is 0.503. The van der Waals surface area contributed by atoms with E-state index in [-0.39, 0.29) is 18.8 Å². The lowest BCUT2D eigenvalue weighted by Gasteiger charge is -2.16. The first-order valence-electron chi connectivity index (χ1n) is 9.37. The first kappa shape index (κ1) is 20.3. The van der Waals surface area contributed by atoms with Crippen molar-refractivity contribution in [2.75, 3.05) is 25.1 Å². The fourth-order valence-electron chi connectivity index (χ4n) is 2.95. The molecule has 0 aliphatic heterocycles. The highest BCUT2D eigenvalue weighted by molar-refractivity contribution is 6.05. The number of nitrogens with one attached hydrogen (secondary N) is 1. The average molecular weight is 397 g/mol. The van der Waals surface area contributed by atoms with Gasteiger partial charge in [0.2, 0.25) is 5.88 Å². The van der Waals surface area contributed by atoms with E-state index >= 15 is 0 Å². The third-order valence-electron chi connectivity index (χ3n) is 4.20. The molecular weight excluding hydrogens is 374 g/mol. The van der Waals surface area contributed by atoms with Crippen molar-refractivity contribution in [2.45, 2.75) is 20.3 Å². The van der Waals surface area contributed by atoms with Gasteiger partial charge in [-0.3, -0.25) is 4.98 Å². The third kappa shape index (κ3) is 4.55. The molecule has 0 atom stereocenters. The number of aryl methyl sites for hydroxylation is 1. The van der Waals surface area contributed by atoms with Crippen LogP contribution in [0.15, 0.2) is 36.4 Å². The summed E-state index contributed by atoms with van der Waals surface area (Å²) < 4.78 is 10.8. The Hall–Kier alpha value is -3.39. The van der Waals surface area contributed by atoms with E-state index in [1.165, 1.54) is 0 Å². The number of nitrogens with zero attached hydrogens (tertiary/aromatic N) is 2. The van der Waals surface area contributed by atoms with Gasteiger partial charge in [-0.25, -0.2) is 9.78 Å². The van der Waals surface area contributed by atoms with Gasteiger partial charge in [0, 0.05) is 11.8 Å².